The zero-order valence-electron chi connectivity index (χ0n) is 11.3. The standard InChI is InChI=1S/C13H24N2O3/c1-9(5-7-14)3-4-11(16)15-8-6-10(2)12(15)13(17)18/h9-10,12H,3-8,14H2,1-2H3,(H,17,18). The number of carboxylic acids is 1. The maximum Gasteiger partial charge on any atom is 0.326 e. The molecule has 3 unspecified atom stereocenters. The van der Waals surface area contributed by atoms with Gasteiger partial charge in [-0.3, -0.25) is 4.79 Å². The van der Waals surface area contributed by atoms with E-state index in [0.29, 0.717) is 25.4 Å². The second kappa shape index (κ2) is 6.73. The molecule has 3 atom stereocenters. The average molecular weight is 256 g/mol. The largest absolute Gasteiger partial charge is 0.480 e. The number of likely N-dealkylation sites (tertiary alicyclic amines) is 1. The fourth-order valence-corrected chi connectivity index (χ4v) is 2.55. The van der Waals surface area contributed by atoms with Gasteiger partial charge in [0.1, 0.15) is 6.04 Å². The molecule has 0 spiro atoms. The molecule has 5 heteroatoms. The number of carbonyl (C=O) groups is 2. The second-order valence-electron chi connectivity index (χ2n) is 5.36. The smallest absolute Gasteiger partial charge is 0.326 e. The van der Waals surface area contributed by atoms with Gasteiger partial charge in [0.05, 0.1) is 0 Å². The summed E-state index contributed by atoms with van der Waals surface area (Å²) in [5, 5.41) is 9.15. The Hall–Kier alpha value is -1.10. The summed E-state index contributed by atoms with van der Waals surface area (Å²) in [6, 6.07) is -0.637. The van der Waals surface area contributed by atoms with Crippen LogP contribution in [-0.4, -0.2) is 41.0 Å². The number of nitrogens with zero attached hydrogens (tertiary/aromatic N) is 1. The van der Waals surface area contributed by atoms with Gasteiger partial charge in [-0.25, -0.2) is 4.79 Å². The molecule has 1 aliphatic heterocycles. The van der Waals surface area contributed by atoms with Crippen LogP contribution in [0.2, 0.25) is 0 Å². The van der Waals surface area contributed by atoms with Crippen molar-refractivity contribution < 1.29 is 14.7 Å². The highest BCUT2D eigenvalue weighted by Crippen LogP contribution is 2.25. The van der Waals surface area contributed by atoms with Crippen LogP contribution >= 0.6 is 0 Å². The van der Waals surface area contributed by atoms with Crippen LogP contribution in [0.4, 0.5) is 0 Å². The molecule has 1 aliphatic rings. The Morgan fingerprint density at radius 2 is 2.11 bits per heavy atom. The molecule has 0 aromatic heterocycles. The van der Waals surface area contributed by atoms with Crippen LogP contribution in [0, 0.1) is 11.8 Å². The number of aliphatic carboxylic acids is 1. The van der Waals surface area contributed by atoms with E-state index in [9.17, 15) is 9.59 Å². The van der Waals surface area contributed by atoms with E-state index >= 15 is 0 Å². The molecule has 5 nitrogen and oxygen atoms in total. The summed E-state index contributed by atoms with van der Waals surface area (Å²) >= 11 is 0. The molecule has 0 aromatic rings. The predicted molar refractivity (Wildman–Crippen MR) is 69.0 cm³/mol. The van der Waals surface area contributed by atoms with Crippen molar-refractivity contribution in [3.63, 3.8) is 0 Å². The van der Waals surface area contributed by atoms with E-state index in [4.69, 9.17) is 10.8 Å². The molecule has 1 heterocycles. The van der Waals surface area contributed by atoms with Crippen LogP contribution in [0.15, 0.2) is 0 Å². The number of carboxylic acid groups (broad SMARTS) is 1. The Bertz CT molecular complexity index is 307. The quantitative estimate of drug-likeness (QED) is 0.744. The molecule has 18 heavy (non-hydrogen) atoms. The molecule has 0 aliphatic carbocycles. The third kappa shape index (κ3) is 3.70. The highest BCUT2D eigenvalue weighted by Gasteiger charge is 2.39. The number of rotatable bonds is 6. The van der Waals surface area contributed by atoms with Crippen LogP contribution in [0.3, 0.4) is 0 Å². The fraction of sp³-hybridized carbons (Fsp3) is 0.846. The normalized spacial score (nSPS) is 25.2. The van der Waals surface area contributed by atoms with Crippen LogP contribution in [0.5, 0.6) is 0 Å². The van der Waals surface area contributed by atoms with E-state index in [2.05, 4.69) is 6.92 Å². The minimum absolute atomic E-state index is 0.0318. The van der Waals surface area contributed by atoms with Crippen LogP contribution in [0.25, 0.3) is 0 Å². The van der Waals surface area contributed by atoms with Crippen molar-refractivity contribution in [1.82, 2.24) is 4.90 Å². The molecule has 1 rings (SSSR count). The Kier molecular flexibility index (Phi) is 5.59. The minimum Gasteiger partial charge on any atom is -0.480 e. The Morgan fingerprint density at radius 1 is 1.44 bits per heavy atom. The molecule has 104 valence electrons. The molecular weight excluding hydrogens is 232 g/mol. The summed E-state index contributed by atoms with van der Waals surface area (Å²) in [6.07, 6.45) is 2.90. The van der Waals surface area contributed by atoms with Gasteiger partial charge in [-0.1, -0.05) is 13.8 Å². The summed E-state index contributed by atoms with van der Waals surface area (Å²) < 4.78 is 0. The first-order valence-corrected chi connectivity index (χ1v) is 6.69. The lowest BCUT2D eigenvalue weighted by Crippen LogP contribution is -2.42. The number of hydrogen-bond acceptors (Lipinski definition) is 3. The van der Waals surface area contributed by atoms with Crippen molar-refractivity contribution in [2.24, 2.45) is 17.6 Å². The van der Waals surface area contributed by atoms with Gasteiger partial charge in [-0.05, 0) is 37.6 Å². The maximum atomic E-state index is 12.0. The number of hydrogen-bond donors (Lipinski definition) is 2. The van der Waals surface area contributed by atoms with Crippen molar-refractivity contribution in [3.8, 4) is 0 Å². The van der Waals surface area contributed by atoms with Gasteiger partial charge in [0, 0.05) is 13.0 Å². The van der Waals surface area contributed by atoms with E-state index in [1.54, 1.807) is 0 Å². The molecule has 0 bridgehead atoms. The third-order valence-electron chi connectivity index (χ3n) is 3.78. The van der Waals surface area contributed by atoms with E-state index < -0.39 is 12.0 Å². The molecule has 0 aromatic carbocycles. The molecular formula is C13H24N2O3. The zero-order valence-corrected chi connectivity index (χ0v) is 11.3. The van der Waals surface area contributed by atoms with Gasteiger partial charge in [-0.2, -0.15) is 0 Å². The summed E-state index contributed by atoms with van der Waals surface area (Å²) in [6.45, 7) is 5.17. The monoisotopic (exact) mass is 256 g/mol. The van der Waals surface area contributed by atoms with Crippen LogP contribution in [0.1, 0.15) is 39.5 Å². The van der Waals surface area contributed by atoms with Gasteiger partial charge < -0.3 is 15.7 Å². The lowest BCUT2D eigenvalue weighted by Gasteiger charge is -2.24. The predicted octanol–water partition coefficient (Wildman–Crippen LogP) is 1.07. The van der Waals surface area contributed by atoms with E-state index in [0.717, 1.165) is 19.3 Å². The first-order valence-electron chi connectivity index (χ1n) is 6.69. The van der Waals surface area contributed by atoms with Crippen molar-refractivity contribution in [2.45, 2.75) is 45.6 Å². The zero-order chi connectivity index (χ0) is 13.7. The number of amides is 1. The van der Waals surface area contributed by atoms with E-state index in [1.165, 1.54) is 4.90 Å². The van der Waals surface area contributed by atoms with Gasteiger partial charge in [0.15, 0.2) is 0 Å². The third-order valence-corrected chi connectivity index (χ3v) is 3.78. The highest BCUT2D eigenvalue weighted by atomic mass is 16.4. The molecule has 0 radical (unpaired) electrons. The average Bonchev–Trinajstić information content (AvgIpc) is 2.68. The second-order valence-corrected chi connectivity index (χ2v) is 5.36. The number of nitrogens with two attached hydrogens (primary N) is 1. The maximum absolute atomic E-state index is 12.0. The minimum atomic E-state index is -0.886. The SMILES string of the molecule is CC(CCN)CCC(=O)N1CCC(C)C1C(=O)O. The van der Waals surface area contributed by atoms with Crippen molar-refractivity contribution >= 4 is 11.9 Å². The first kappa shape index (κ1) is 15.0. The van der Waals surface area contributed by atoms with Crippen molar-refractivity contribution in [2.75, 3.05) is 13.1 Å². The lowest BCUT2D eigenvalue weighted by atomic mass is 10.0. The Labute approximate surface area is 108 Å². The summed E-state index contributed by atoms with van der Waals surface area (Å²) in [4.78, 5) is 24.7. The topological polar surface area (TPSA) is 83.6 Å². The van der Waals surface area contributed by atoms with Gasteiger partial charge in [0.2, 0.25) is 5.91 Å². The summed E-state index contributed by atoms with van der Waals surface area (Å²) in [5.74, 6) is -0.450. The fourth-order valence-electron chi connectivity index (χ4n) is 2.55. The van der Waals surface area contributed by atoms with Gasteiger partial charge in [-0.15, -0.1) is 0 Å². The van der Waals surface area contributed by atoms with Crippen LogP contribution < -0.4 is 5.73 Å². The Balaban J connectivity index is 2.48. The molecule has 3 N–H and O–H groups in total. The van der Waals surface area contributed by atoms with Crippen molar-refractivity contribution in [1.29, 1.82) is 0 Å². The van der Waals surface area contributed by atoms with Gasteiger partial charge >= 0.3 is 5.97 Å². The van der Waals surface area contributed by atoms with Gasteiger partial charge in [0.25, 0.3) is 0 Å². The summed E-state index contributed by atoms with van der Waals surface area (Å²) in [5.41, 5.74) is 5.46. The molecule has 1 saturated heterocycles. The number of carbonyl (C=O) groups excluding carboxylic acids is 1. The highest BCUT2D eigenvalue weighted by molar-refractivity contribution is 5.84. The Morgan fingerprint density at radius 3 is 2.67 bits per heavy atom. The molecule has 1 fully saturated rings. The van der Waals surface area contributed by atoms with Crippen molar-refractivity contribution in [3.05, 3.63) is 0 Å². The molecule has 0 saturated carbocycles. The van der Waals surface area contributed by atoms with E-state index in [-0.39, 0.29) is 11.8 Å². The van der Waals surface area contributed by atoms with Crippen LogP contribution in [-0.2, 0) is 9.59 Å². The lowest BCUT2D eigenvalue weighted by molar-refractivity contribution is -0.149. The van der Waals surface area contributed by atoms with E-state index in [1.807, 2.05) is 6.92 Å². The summed E-state index contributed by atoms with van der Waals surface area (Å²) in [7, 11) is 0. The first-order chi connectivity index (χ1) is 8.47. The molecule has 1 amide bonds.